The molecule has 0 fully saturated rings. The van der Waals surface area contributed by atoms with Crippen LogP contribution in [0.1, 0.15) is 0 Å². The number of hydrogen-bond acceptors (Lipinski definition) is 6. The van der Waals surface area contributed by atoms with Crippen molar-refractivity contribution in [3.05, 3.63) is 42.5 Å². The van der Waals surface area contributed by atoms with Crippen LogP contribution >= 0.6 is 0 Å². The third-order valence-electron chi connectivity index (χ3n) is 2.83. The number of aromatic nitrogens is 2. The molecule has 0 spiro atoms. The van der Waals surface area contributed by atoms with Crippen molar-refractivity contribution in [2.45, 2.75) is 0 Å². The minimum absolute atomic E-state index is 0.0985. The highest BCUT2D eigenvalue weighted by molar-refractivity contribution is 5.72. The first-order valence-corrected chi connectivity index (χ1v) is 5.86. The Balaban J connectivity index is 2.04. The largest absolute Gasteiger partial charge is 0.508 e. The minimum atomic E-state index is -0.0985. The number of rotatable bonds is 2. The van der Waals surface area contributed by atoms with Gasteiger partial charge in [-0.05, 0) is 24.3 Å². The molecular weight excluding hydrogens is 258 g/mol. The molecule has 1 aromatic heterocycles. The molecule has 0 aliphatic rings. The van der Waals surface area contributed by atoms with Crippen LogP contribution in [0, 0.1) is 0 Å². The predicted octanol–water partition coefficient (Wildman–Crippen LogP) is 2.40. The summed E-state index contributed by atoms with van der Waals surface area (Å²) in [5.74, 6) is 0.491. The van der Waals surface area contributed by atoms with E-state index in [9.17, 15) is 10.2 Å². The summed E-state index contributed by atoms with van der Waals surface area (Å²) in [5.41, 5.74) is 6.84. The van der Waals surface area contributed by atoms with Gasteiger partial charge in [-0.25, -0.2) is 0 Å². The molecular formula is C14H11N3O3. The Labute approximate surface area is 114 Å². The first-order valence-electron chi connectivity index (χ1n) is 5.86. The second-order valence-corrected chi connectivity index (χ2v) is 4.22. The molecule has 4 N–H and O–H groups in total. The normalized spacial score (nSPS) is 10.6. The molecule has 2 aromatic carbocycles. The first-order chi connectivity index (χ1) is 9.65. The van der Waals surface area contributed by atoms with E-state index in [4.69, 9.17) is 10.3 Å². The lowest BCUT2D eigenvalue weighted by Gasteiger charge is -2.01. The summed E-state index contributed by atoms with van der Waals surface area (Å²) >= 11 is 0. The molecule has 0 radical (unpaired) electrons. The molecule has 0 saturated heterocycles. The van der Waals surface area contributed by atoms with Crippen LogP contribution in [0.5, 0.6) is 11.5 Å². The predicted molar refractivity (Wildman–Crippen MR) is 72.9 cm³/mol. The summed E-state index contributed by atoms with van der Waals surface area (Å²) in [6.07, 6.45) is 0. The second kappa shape index (κ2) is 4.58. The molecule has 1 heterocycles. The molecule has 100 valence electrons. The summed E-state index contributed by atoms with van der Waals surface area (Å²) in [4.78, 5) is 4.19. The molecule has 0 unspecified atom stereocenters. The van der Waals surface area contributed by atoms with Crippen molar-refractivity contribution in [1.29, 1.82) is 0 Å². The summed E-state index contributed by atoms with van der Waals surface area (Å²) in [6, 6.07) is 11.4. The van der Waals surface area contributed by atoms with Crippen LogP contribution in [0.25, 0.3) is 22.8 Å². The van der Waals surface area contributed by atoms with Gasteiger partial charge >= 0.3 is 0 Å². The summed E-state index contributed by atoms with van der Waals surface area (Å²) in [5, 5.41) is 23.1. The van der Waals surface area contributed by atoms with Crippen LogP contribution in [0.2, 0.25) is 0 Å². The number of phenolic OH excluding ortho intramolecular Hbond substituents is 2. The van der Waals surface area contributed by atoms with E-state index in [1.807, 2.05) is 0 Å². The fourth-order valence-corrected chi connectivity index (χ4v) is 1.83. The fourth-order valence-electron chi connectivity index (χ4n) is 1.83. The Morgan fingerprint density at radius 2 is 1.85 bits per heavy atom. The summed E-state index contributed by atoms with van der Waals surface area (Å²) in [6.45, 7) is 0. The monoisotopic (exact) mass is 269 g/mol. The van der Waals surface area contributed by atoms with Gasteiger partial charge in [0.2, 0.25) is 5.82 Å². The topological polar surface area (TPSA) is 105 Å². The molecule has 0 saturated carbocycles. The molecule has 6 nitrogen and oxygen atoms in total. The average molecular weight is 269 g/mol. The van der Waals surface area contributed by atoms with Crippen LogP contribution in [-0.2, 0) is 0 Å². The smallest absolute Gasteiger partial charge is 0.262 e. The van der Waals surface area contributed by atoms with Gasteiger partial charge in [0.1, 0.15) is 5.75 Å². The Kier molecular flexibility index (Phi) is 2.76. The van der Waals surface area contributed by atoms with Crippen molar-refractivity contribution in [3.63, 3.8) is 0 Å². The Bertz CT molecular complexity index is 768. The summed E-state index contributed by atoms with van der Waals surface area (Å²) in [7, 11) is 0. The maximum atomic E-state index is 9.88. The lowest BCUT2D eigenvalue weighted by atomic mass is 10.1. The lowest BCUT2D eigenvalue weighted by Crippen LogP contribution is -1.88. The Hall–Kier alpha value is -3.02. The van der Waals surface area contributed by atoms with E-state index >= 15 is 0 Å². The van der Waals surface area contributed by atoms with Crippen LogP contribution in [0.3, 0.4) is 0 Å². The van der Waals surface area contributed by atoms with E-state index in [2.05, 4.69) is 10.1 Å². The third-order valence-corrected chi connectivity index (χ3v) is 2.83. The maximum absolute atomic E-state index is 9.88. The highest BCUT2D eigenvalue weighted by atomic mass is 16.5. The number of phenols is 2. The number of anilines is 1. The van der Waals surface area contributed by atoms with E-state index in [0.29, 0.717) is 17.0 Å². The van der Waals surface area contributed by atoms with Crippen LogP contribution in [0.4, 0.5) is 5.69 Å². The van der Waals surface area contributed by atoms with Crippen molar-refractivity contribution >= 4 is 5.69 Å². The summed E-state index contributed by atoms with van der Waals surface area (Å²) < 4.78 is 5.12. The van der Waals surface area contributed by atoms with Crippen LogP contribution in [-0.4, -0.2) is 20.4 Å². The number of nitrogen functional groups attached to an aromatic ring is 1. The van der Waals surface area contributed by atoms with Gasteiger partial charge in [-0.2, -0.15) is 4.98 Å². The number of hydrogen-bond donors (Lipinski definition) is 3. The van der Waals surface area contributed by atoms with Crippen LogP contribution < -0.4 is 5.73 Å². The molecule has 0 aliphatic heterocycles. The van der Waals surface area contributed by atoms with Crippen LogP contribution in [0.15, 0.2) is 47.0 Å². The van der Waals surface area contributed by atoms with Crippen molar-refractivity contribution in [2.75, 3.05) is 5.73 Å². The standard InChI is InChI=1S/C14H11N3O3/c15-11-6-2-5-10(12(11)19)14-16-13(17-20-14)8-3-1-4-9(18)7-8/h1-7,18-19H,15H2. The zero-order valence-electron chi connectivity index (χ0n) is 10.3. The average Bonchev–Trinajstić information content (AvgIpc) is 2.91. The van der Waals surface area contributed by atoms with Crippen molar-refractivity contribution < 1.29 is 14.7 Å². The molecule has 0 atom stereocenters. The van der Waals surface area contributed by atoms with Crippen molar-refractivity contribution in [1.82, 2.24) is 10.1 Å². The van der Waals surface area contributed by atoms with E-state index in [1.54, 1.807) is 36.4 Å². The van der Waals surface area contributed by atoms with Crippen molar-refractivity contribution in [3.8, 4) is 34.3 Å². The third kappa shape index (κ3) is 2.03. The Morgan fingerprint density at radius 1 is 1.05 bits per heavy atom. The zero-order valence-corrected chi connectivity index (χ0v) is 10.3. The van der Waals surface area contributed by atoms with Gasteiger partial charge in [0, 0.05) is 5.56 Å². The van der Waals surface area contributed by atoms with Crippen molar-refractivity contribution in [2.24, 2.45) is 0 Å². The second-order valence-electron chi connectivity index (χ2n) is 4.22. The first kappa shape index (κ1) is 12.0. The van der Waals surface area contributed by atoms with Gasteiger partial charge in [0.05, 0.1) is 11.3 Å². The number of para-hydroxylation sites is 1. The molecule has 3 aromatic rings. The van der Waals surface area contributed by atoms with E-state index in [-0.39, 0.29) is 23.1 Å². The van der Waals surface area contributed by atoms with Gasteiger partial charge in [-0.15, -0.1) is 0 Å². The van der Waals surface area contributed by atoms with Gasteiger partial charge in [0.25, 0.3) is 5.89 Å². The van der Waals surface area contributed by atoms with Gasteiger partial charge in [0.15, 0.2) is 5.75 Å². The number of nitrogens with two attached hydrogens (primary N) is 1. The molecule has 0 amide bonds. The lowest BCUT2D eigenvalue weighted by molar-refractivity contribution is 0.426. The number of aromatic hydroxyl groups is 2. The number of benzene rings is 2. The van der Waals surface area contributed by atoms with E-state index in [0.717, 1.165) is 0 Å². The maximum Gasteiger partial charge on any atom is 0.262 e. The van der Waals surface area contributed by atoms with Gasteiger partial charge in [-0.1, -0.05) is 23.4 Å². The highest BCUT2D eigenvalue weighted by Gasteiger charge is 2.15. The Morgan fingerprint density at radius 3 is 2.65 bits per heavy atom. The molecule has 0 bridgehead atoms. The highest BCUT2D eigenvalue weighted by Crippen LogP contribution is 2.33. The SMILES string of the molecule is Nc1cccc(-c2nc(-c3cccc(O)c3)no2)c1O. The molecule has 0 aliphatic carbocycles. The molecule has 3 rings (SSSR count). The van der Waals surface area contributed by atoms with Gasteiger partial charge < -0.3 is 20.5 Å². The minimum Gasteiger partial charge on any atom is -0.508 e. The number of nitrogens with zero attached hydrogens (tertiary/aromatic N) is 2. The quantitative estimate of drug-likeness (QED) is 0.487. The molecule has 20 heavy (non-hydrogen) atoms. The van der Waals surface area contributed by atoms with E-state index in [1.165, 1.54) is 6.07 Å². The van der Waals surface area contributed by atoms with E-state index < -0.39 is 0 Å². The van der Waals surface area contributed by atoms with Gasteiger partial charge in [-0.3, -0.25) is 0 Å². The molecule has 6 heteroatoms. The zero-order chi connectivity index (χ0) is 14.1. The fraction of sp³-hybridized carbons (Fsp3) is 0.